The van der Waals surface area contributed by atoms with E-state index in [0.29, 0.717) is 17.3 Å². The summed E-state index contributed by atoms with van der Waals surface area (Å²) in [5.41, 5.74) is 0.690. The first-order valence-corrected chi connectivity index (χ1v) is 9.50. The van der Waals surface area contributed by atoms with Crippen LogP contribution in [-0.4, -0.2) is 59.1 Å². The highest BCUT2D eigenvalue weighted by atomic mass is 16.5. The maximum Gasteiger partial charge on any atom is 0.320 e. The number of aromatic nitrogens is 2. The predicted octanol–water partition coefficient (Wildman–Crippen LogP) is 2.69. The highest BCUT2D eigenvalue weighted by molar-refractivity contribution is 5.89. The summed E-state index contributed by atoms with van der Waals surface area (Å²) in [5.74, 6) is 1.30. The lowest BCUT2D eigenvalue weighted by Gasteiger charge is -2.32. The summed E-state index contributed by atoms with van der Waals surface area (Å²) in [6, 6.07) is 5.43. The third kappa shape index (κ3) is 5.58. The van der Waals surface area contributed by atoms with Crippen molar-refractivity contribution in [2.75, 3.05) is 31.6 Å². The van der Waals surface area contributed by atoms with E-state index in [4.69, 9.17) is 9.15 Å². The van der Waals surface area contributed by atoms with E-state index in [2.05, 4.69) is 34.5 Å². The van der Waals surface area contributed by atoms with Gasteiger partial charge < -0.3 is 19.4 Å². The molecule has 0 aromatic carbocycles. The van der Waals surface area contributed by atoms with Gasteiger partial charge in [-0.25, -0.2) is 4.79 Å². The van der Waals surface area contributed by atoms with Crippen molar-refractivity contribution in [3.63, 3.8) is 0 Å². The van der Waals surface area contributed by atoms with Gasteiger partial charge in [-0.15, -0.1) is 0 Å². The van der Waals surface area contributed by atoms with Crippen molar-refractivity contribution in [2.24, 2.45) is 7.05 Å². The summed E-state index contributed by atoms with van der Waals surface area (Å²) in [4.78, 5) is 14.7. The van der Waals surface area contributed by atoms with Crippen molar-refractivity contribution in [2.45, 2.75) is 38.8 Å². The lowest BCUT2D eigenvalue weighted by atomic mass is 10.1. The van der Waals surface area contributed by atoms with Crippen molar-refractivity contribution < 1.29 is 13.9 Å². The van der Waals surface area contributed by atoms with Crippen LogP contribution in [0.2, 0.25) is 0 Å². The highest BCUT2D eigenvalue weighted by Crippen LogP contribution is 2.21. The summed E-state index contributed by atoms with van der Waals surface area (Å²) in [7, 11) is 1.79. The molecule has 0 aliphatic carbocycles. The molecule has 0 atom stereocenters. The van der Waals surface area contributed by atoms with Crippen LogP contribution >= 0.6 is 0 Å². The molecule has 0 bridgehead atoms. The van der Waals surface area contributed by atoms with Crippen LogP contribution in [0.15, 0.2) is 28.9 Å². The second-order valence-corrected chi connectivity index (χ2v) is 7.15. The normalized spacial score (nSPS) is 16.0. The Kier molecular flexibility index (Phi) is 6.52. The Hall–Kier alpha value is -2.32. The number of carbonyl (C=O) groups excluding carboxylic acids is 1. The van der Waals surface area contributed by atoms with E-state index in [-0.39, 0.29) is 18.2 Å². The molecular formula is C19H29N5O3. The van der Waals surface area contributed by atoms with Crippen LogP contribution in [0.5, 0.6) is 0 Å². The van der Waals surface area contributed by atoms with Crippen molar-refractivity contribution >= 4 is 11.8 Å². The molecule has 2 aromatic rings. The van der Waals surface area contributed by atoms with Gasteiger partial charge in [0.25, 0.3) is 0 Å². The number of carbonyl (C=O) groups is 1. The van der Waals surface area contributed by atoms with E-state index in [0.717, 1.165) is 39.1 Å². The first-order chi connectivity index (χ1) is 13.0. The Morgan fingerprint density at radius 2 is 2.19 bits per heavy atom. The van der Waals surface area contributed by atoms with Crippen LogP contribution < -0.4 is 10.6 Å². The smallest absolute Gasteiger partial charge is 0.320 e. The van der Waals surface area contributed by atoms with E-state index in [1.54, 1.807) is 24.1 Å². The van der Waals surface area contributed by atoms with Crippen molar-refractivity contribution in [3.05, 3.63) is 24.5 Å². The number of aryl methyl sites for hydroxylation is 1. The molecule has 3 heterocycles. The molecule has 148 valence electrons. The SMILES string of the molecule is CC(C)OCCN1CCC(NC(=O)Nc2cc(-c3ccco3)nn2C)CC1. The van der Waals surface area contributed by atoms with Crippen molar-refractivity contribution in [3.8, 4) is 11.5 Å². The zero-order valence-corrected chi connectivity index (χ0v) is 16.3. The van der Waals surface area contributed by atoms with E-state index in [1.807, 2.05) is 12.1 Å². The number of hydrogen-bond acceptors (Lipinski definition) is 5. The van der Waals surface area contributed by atoms with Gasteiger partial charge in [0.1, 0.15) is 11.5 Å². The molecule has 0 unspecified atom stereocenters. The molecule has 8 heteroatoms. The maximum atomic E-state index is 12.3. The summed E-state index contributed by atoms with van der Waals surface area (Å²) in [6.07, 6.45) is 3.76. The van der Waals surface area contributed by atoms with Crippen LogP contribution in [0.4, 0.5) is 10.6 Å². The number of furan rings is 1. The Labute approximate surface area is 159 Å². The van der Waals surface area contributed by atoms with Gasteiger partial charge in [0.05, 0.1) is 19.0 Å². The topological polar surface area (TPSA) is 84.6 Å². The fourth-order valence-electron chi connectivity index (χ4n) is 3.19. The molecule has 27 heavy (non-hydrogen) atoms. The van der Waals surface area contributed by atoms with Crippen LogP contribution in [0.1, 0.15) is 26.7 Å². The lowest BCUT2D eigenvalue weighted by Crippen LogP contribution is -2.46. The zero-order chi connectivity index (χ0) is 19.2. The fourth-order valence-corrected chi connectivity index (χ4v) is 3.19. The van der Waals surface area contributed by atoms with Crippen molar-refractivity contribution in [1.82, 2.24) is 20.0 Å². The quantitative estimate of drug-likeness (QED) is 0.777. The molecule has 8 nitrogen and oxygen atoms in total. The summed E-state index contributed by atoms with van der Waals surface area (Å²) in [5, 5.41) is 10.3. The van der Waals surface area contributed by atoms with E-state index in [9.17, 15) is 4.79 Å². The van der Waals surface area contributed by atoms with Gasteiger partial charge in [-0.3, -0.25) is 10.00 Å². The number of nitrogens with zero attached hydrogens (tertiary/aromatic N) is 3. The minimum atomic E-state index is -0.203. The summed E-state index contributed by atoms with van der Waals surface area (Å²) >= 11 is 0. The van der Waals surface area contributed by atoms with Gasteiger partial charge in [0.2, 0.25) is 0 Å². The molecule has 3 rings (SSSR count). The average molecular weight is 375 g/mol. The summed E-state index contributed by atoms with van der Waals surface area (Å²) in [6.45, 7) is 7.75. The molecule has 1 aliphatic heterocycles. The molecular weight excluding hydrogens is 346 g/mol. The Balaban J connectivity index is 1.43. The lowest BCUT2D eigenvalue weighted by molar-refractivity contribution is 0.0530. The minimum absolute atomic E-state index is 0.185. The second-order valence-electron chi connectivity index (χ2n) is 7.15. The zero-order valence-electron chi connectivity index (χ0n) is 16.3. The number of likely N-dealkylation sites (tertiary alicyclic amines) is 1. The van der Waals surface area contributed by atoms with Gasteiger partial charge in [-0.05, 0) is 38.8 Å². The largest absolute Gasteiger partial charge is 0.463 e. The number of ether oxygens (including phenoxy) is 1. The molecule has 0 spiro atoms. The molecule has 0 saturated carbocycles. The maximum absolute atomic E-state index is 12.3. The van der Waals surface area contributed by atoms with Gasteiger partial charge >= 0.3 is 6.03 Å². The van der Waals surface area contributed by atoms with Crippen molar-refractivity contribution in [1.29, 1.82) is 0 Å². The number of rotatable bonds is 7. The van der Waals surface area contributed by atoms with Gasteiger partial charge in [0, 0.05) is 38.8 Å². The molecule has 2 amide bonds. The molecule has 1 fully saturated rings. The molecule has 1 saturated heterocycles. The van der Waals surface area contributed by atoms with Crippen LogP contribution in [0.25, 0.3) is 11.5 Å². The minimum Gasteiger partial charge on any atom is -0.463 e. The number of piperidine rings is 1. The first kappa shape index (κ1) is 19.4. The van der Waals surface area contributed by atoms with Gasteiger partial charge in [0.15, 0.2) is 5.76 Å². The number of hydrogen-bond donors (Lipinski definition) is 2. The Morgan fingerprint density at radius 3 is 2.85 bits per heavy atom. The van der Waals surface area contributed by atoms with Gasteiger partial charge in [-0.1, -0.05) is 0 Å². The molecule has 1 aliphatic rings. The third-order valence-corrected chi connectivity index (χ3v) is 4.68. The standard InChI is InChI=1S/C19H29N5O3/c1-14(2)26-12-10-24-8-6-15(7-9-24)20-19(25)21-18-13-16(22-23(18)3)17-5-4-11-27-17/h4-5,11,13-15H,6-10,12H2,1-3H3,(H2,20,21,25). The number of nitrogens with one attached hydrogen (secondary N) is 2. The predicted molar refractivity (Wildman–Crippen MR) is 104 cm³/mol. The number of amides is 2. The monoisotopic (exact) mass is 375 g/mol. The number of anilines is 1. The molecule has 0 radical (unpaired) electrons. The van der Waals surface area contributed by atoms with Crippen LogP contribution in [0.3, 0.4) is 0 Å². The first-order valence-electron chi connectivity index (χ1n) is 9.50. The summed E-state index contributed by atoms with van der Waals surface area (Å²) < 4.78 is 12.6. The van der Waals surface area contributed by atoms with E-state index >= 15 is 0 Å². The Bertz CT molecular complexity index is 718. The fraction of sp³-hybridized carbons (Fsp3) is 0.579. The van der Waals surface area contributed by atoms with Gasteiger partial charge in [-0.2, -0.15) is 5.10 Å². The third-order valence-electron chi connectivity index (χ3n) is 4.68. The Morgan fingerprint density at radius 1 is 1.41 bits per heavy atom. The number of urea groups is 1. The average Bonchev–Trinajstić information content (AvgIpc) is 3.27. The van der Waals surface area contributed by atoms with E-state index in [1.165, 1.54) is 0 Å². The molecule has 2 aromatic heterocycles. The van der Waals surface area contributed by atoms with Crippen LogP contribution in [-0.2, 0) is 11.8 Å². The highest BCUT2D eigenvalue weighted by Gasteiger charge is 2.21. The van der Waals surface area contributed by atoms with E-state index < -0.39 is 0 Å². The second kappa shape index (κ2) is 9.05. The molecule has 2 N–H and O–H groups in total. The van der Waals surface area contributed by atoms with Crippen LogP contribution in [0, 0.1) is 0 Å².